The molecule has 1 saturated heterocycles. The van der Waals surface area contributed by atoms with Crippen molar-refractivity contribution in [1.29, 1.82) is 0 Å². The molecule has 6 rings (SSSR count). The number of aromatic nitrogens is 5. The molecule has 0 aliphatic carbocycles. The first-order valence-electron chi connectivity index (χ1n) is 10.9. The Morgan fingerprint density at radius 2 is 1.87 bits per heavy atom. The van der Waals surface area contributed by atoms with Gasteiger partial charge in [-0.15, -0.1) is 0 Å². The van der Waals surface area contributed by atoms with Gasteiger partial charge in [-0.2, -0.15) is 5.10 Å². The fourth-order valence-electron chi connectivity index (χ4n) is 4.65. The fraction of sp³-hybridized carbons (Fsp3) is 0.240. The van der Waals surface area contributed by atoms with Crippen LogP contribution in [0.15, 0.2) is 54.9 Å². The lowest BCUT2D eigenvalue weighted by Crippen LogP contribution is -2.29. The van der Waals surface area contributed by atoms with Gasteiger partial charge in [0.25, 0.3) is 0 Å². The highest BCUT2D eigenvalue weighted by Gasteiger charge is 2.18. The van der Waals surface area contributed by atoms with Crippen LogP contribution in [0.4, 0.5) is 5.69 Å². The van der Waals surface area contributed by atoms with Gasteiger partial charge in [-0.25, -0.2) is 4.98 Å². The van der Waals surface area contributed by atoms with E-state index in [1.165, 1.54) is 30.3 Å². The third-order valence-electron chi connectivity index (χ3n) is 6.32. The number of anilines is 1. The molecule has 0 atom stereocenters. The van der Waals surface area contributed by atoms with Gasteiger partial charge >= 0.3 is 0 Å². The number of piperidine rings is 1. The van der Waals surface area contributed by atoms with Gasteiger partial charge in [0.2, 0.25) is 0 Å². The summed E-state index contributed by atoms with van der Waals surface area (Å²) in [6.07, 6.45) is 7.53. The zero-order chi connectivity index (χ0) is 20.8. The molecule has 0 spiro atoms. The predicted molar refractivity (Wildman–Crippen MR) is 125 cm³/mol. The quantitative estimate of drug-likeness (QED) is 0.415. The largest absolute Gasteiger partial charge is 0.371 e. The van der Waals surface area contributed by atoms with Gasteiger partial charge in [0.1, 0.15) is 11.2 Å². The van der Waals surface area contributed by atoms with Crippen molar-refractivity contribution in [3.8, 4) is 22.6 Å². The van der Waals surface area contributed by atoms with Gasteiger partial charge in [0.15, 0.2) is 0 Å². The zero-order valence-corrected chi connectivity index (χ0v) is 17.5. The average Bonchev–Trinajstić information content (AvgIpc) is 3.43. The minimum atomic E-state index is 0.846. The van der Waals surface area contributed by atoms with E-state index in [0.717, 1.165) is 57.8 Å². The SMILES string of the molecule is Cc1ccncc1-c1ccc2[nH]nc(-c3cc4c(N5CCCCC5)cccc4[nH]3)c2n1. The molecule has 0 unspecified atom stereocenters. The molecule has 1 aliphatic rings. The normalized spacial score (nSPS) is 14.5. The van der Waals surface area contributed by atoms with E-state index >= 15 is 0 Å². The number of aryl methyl sites for hydroxylation is 1. The van der Waals surface area contributed by atoms with Gasteiger partial charge in [-0.3, -0.25) is 10.1 Å². The molecule has 5 aromatic rings. The minimum Gasteiger partial charge on any atom is -0.371 e. The number of H-pyrrole nitrogens is 2. The molecule has 1 aliphatic heterocycles. The molecular formula is C25H24N6. The molecule has 5 heterocycles. The van der Waals surface area contributed by atoms with Crippen LogP contribution in [0.3, 0.4) is 0 Å². The molecule has 1 aromatic carbocycles. The topological polar surface area (TPSA) is 73.5 Å². The number of pyridine rings is 2. The van der Waals surface area contributed by atoms with E-state index in [1.54, 1.807) is 0 Å². The molecule has 0 bridgehead atoms. The maximum Gasteiger partial charge on any atom is 0.135 e. The minimum absolute atomic E-state index is 0.846. The van der Waals surface area contributed by atoms with E-state index in [1.807, 2.05) is 30.6 Å². The molecule has 4 aromatic heterocycles. The summed E-state index contributed by atoms with van der Waals surface area (Å²) >= 11 is 0. The Labute approximate surface area is 180 Å². The number of fused-ring (bicyclic) bond motifs is 2. The van der Waals surface area contributed by atoms with E-state index < -0.39 is 0 Å². The lowest BCUT2D eigenvalue weighted by Gasteiger charge is -2.29. The summed E-state index contributed by atoms with van der Waals surface area (Å²) < 4.78 is 0. The van der Waals surface area contributed by atoms with Gasteiger partial charge in [-0.1, -0.05) is 6.07 Å². The third-order valence-corrected chi connectivity index (χ3v) is 6.32. The molecule has 1 fully saturated rings. The zero-order valence-electron chi connectivity index (χ0n) is 17.5. The number of nitrogens with zero attached hydrogens (tertiary/aromatic N) is 4. The van der Waals surface area contributed by atoms with Crippen molar-refractivity contribution in [2.24, 2.45) is 0 Å². The number of benzene rings is 1. The first-order chi connectivity index (χ1) is 15.3. The monoisotopic (exact) mass is 408 g/mol. The maximum atomic E-state index is 4.96. The standard InChI is InChI=1S/C25H24N6/c1-16-10-11-26-15-18(16)20-8-9-21-24(28-20)25(30-29-21)22-14-17-19(27-22)6-5-7-23(17)31-12-3-2-4-13-31/h5-11,14-15,27H,2-4,12-13H2,1H3,(H,29,30). The second-order valence-corrected chi connectivity index (χ2v) is 8.32. The van der Waals surface area contributed by atoms with Crippen LogP contribution in [0.25, 0.3) is 44.6 Å². The Morgan fingerprint density at radius 3 is 2.74 bits per heavy atom. The van der Waals surface area contributed by atoms with Crippen LogP contribution in [0.5, 0.6) is 0 Å². The second-order valence-electron chi connectivity index (χ2n) is 8.32. The molecular weight excluding hydrogens is 384 g/mol. The van der Waals surface area contributed by atoms with Crippen molar-refractivity contribution in [3.05, 3.63) is 60.4 Å². The van der Waals surface area contributed by atoms with Crippen molar-refractivity contribution in [2.45, 2.75) is 26.2 Å². The summed E-state index contributed by atoms with van der Waals surface area (Å²) in [6.45, 7) is 4.33. The van der Waals surface area contributed by atoms with Gasteiger partial charge < -0.3 is 9.88 Å². The van der Waals surface area contributed by atoms with Gasteiger partial charge in [0.05, 0.1) is 16.9 Å². The highest BCUT2D eigenvalue weighted by atomic mass is 15.1. The van der Waals surface area contributed by atoms with Crippen LogP contribution >= 0.6 is 0 Å². The van der Waals surface area contributed by atoms with Crippen LogP contribution in [0, 0.1) is 6.92 Å². The summed E-state index contributed by atoms with van der Waals surface area (Å²) in [7, 11) is 0. The summed E-state index contributed by atoms with van der Waals surface area (Å²) in [4.78, 5) is 15.3. The molecule has 31 heavy (non-hydrogen) atoms. The van der Waals surface area contributed by atoms with Crippen molar-refractivity contribution in [2.75, 3.05) is 18.0 Å². The van der Waals surface area contributed by atoms with E-state index in [-0.39, 0.29) is 0 Å². The lowest BCUT2D eigenvalue weighted by molar-refractivity contribution is 0.579. The Morgan fingerprint density at radius 1 is 0.968 bits per heavy atom. The van der Waals surface area contributed by atoms with Crippen molar-refractivity contribution < 1.29 is 0 Å². The van der Waals surface area contributed by atoms with Crippen LogP contribution in [0.1, 0.15) is 24.8 Å². The van der Waals surface area contributed by atoms with Crippen LogP contribution < -0.4 is 4.90 Å². The number of hydrogen-bond donors (Lipinski definition) is 2. The first-order valence-corrected chi connectivity index (χ1v) is 10.9. The Hall–Kier alpha value is -3.67. The first kappa shape index (κ1) is 18.1. The molecule has 2 N–H and O–H groups in total. The second kappa shape index (κ2) is 7.23. The lowest BCUT2D eigenvalue weighted by atomic mass is 10.1. The van der Waals surface area contributed by atoms with Crippen molar-refractivity contribution >= 4 is 27.6 Å². The Kier molecular flexibility index (Phi) is 4.23. The van der Waals surface area contributed by atoms with Crippen molar-refractivity contribution in [1.82, 2.24) is 25.1 Å². The number of rotatable bonds is 3. The number of nitrogens with one attached hydrogen (secondary N) is 2. The van der Waals surface area contributed by atoms with Gasteiger partial charge in [0, 0.05) is 47.6 Å². The molecule has 6 nitrogen and oxygen atoms in total. The van der Waals surface area contributed by atoms with E-state index in [0.29, 0.717) is 0 Å². The predicted octanol–water partition coefficient (Wildman–Crippen LogP) is 5.47. The van der Waals surface area contributed by atoms with Crippen LogP contribution in [0.2, 0.25) is 0 Å². The maximum absolute atomic E-state index is 4.96. The van der Waals surface area contributed by atoms with E-state index in [9.17, 15) is 0 Å². The Balaban J connectivity index is 1.47. The smallest absolute Gasteiger partial charge is 0.135 e. The number of hydrogen-bond acceptors (Lipinski definition) is 4. The average molecular weight is 409 g/mol. The Bertz CT molecular complexity index is 1390. The third kappa shape index (κ3) is 3.06. The summed E-state index contributed by atoms with van der Waals surface area (Å²) in [5, 5.41) is 9.00. The summed E-state index contributed by atoms with van der Waals surface area (Å²) in [5.74, 6) is 0. The van der Waals surface area contributed by atoms with E-state index in [4.69, 9.17) is 4.98 Å². The van der Waals surface area contributed by atoms with Crippen LogP contribution in [-0.2, 0) is 0 Å². The summed E-state index contributed by atoms with van der Waals surface area (Å²) in [5.41, 5.74) is 9.17. The highest BCUT2D eigenvalue weighted by molar-refractivity contribution is 5.99. The molecule has 0 saturated carbocycles. The van der Waals surface area contributed by atoms with E-state index in [2.05, 4.69) is 56.3 Å². The van der Waals surface area contributed by atoms with Gasteiger partial charge in [-0.05, 0) is 68.1 Å². The highest BCUT2D eigenvalue weighted by Crippen LogP contribution is 2.34. The molecule has 0 amide bonds. The molecule has 154 valence electrons. The summed E-state index contributed by atoms with van der Waals surface area (Å²) in [6, 6.07) is 14.8. The number of aromatic amines is 2. The van der Waals surface area contributed by atoms with Crippen LogP contribution in [-0.4, -0.2) is 38.2 Å². The fourth-order valence-corrected chi connectivity index (χ4v) is 4.65. The molecule has 0 radical (unpaired) electrons. The molecule has 6 heteroatoms. The van der Waals surface area contributed by atoms with Crippen molar-refractivity contribution in [3.63, 3.8) is 0 Å².